The average Bonchev–Trinajstić information content (AvgIpc) is 2.50. The van der Waals surface area contributed by atoms with Crippen molar-refractivity contribution in [1.82, 2.24) is 0 Å². The van der Waals surface area contributed by atoms with E-state index in [-0.39, 0.29) is 5.75 Å². The first-order valence-electron chi connectivity index (χ1n) is 7.61. The lowest BCUT2D eigenvalue weighted by Gasteiger charge is -2.19. The van der Waals surface area contributed by atoms with Gasteiger partial charge in [-0.05, 0) is 43.9 Å². The molecule has 0 saturated heterocycles. The van der Waals surface area contributed by atoms with Gasteiger partial charge in [-0.25, -0.2) is 0 Å². The second-order valence-corrected chi connectivity index (χ2v) is 6.99. The number of hydrogen-bond donors (Lipinski definition) is 0. The van der Waals surface area contributed by atoms with Crippen LogP contribution in [0.2, 0.25) is 0 Å². The molecule has 0 heterocycles. The van der Waals surface area contributed by atoms with E-state index in [4.69, 9.17) is 4.74 Å². The Labute approximate surface area is 141 Å². The van der Waals surface area contributed by atoms with Crippen LogP contribution in [0.25, 0.3) is 0 Å². The molecule has 0 aliphatic carbocycles. The van der Waals surface area contributed by atoms with E-state index in [1.54, 1.807) is 24.3 Å². The monoisotopic (exact) mass is 371 g/mol. The minimum atomic E-state index is -5.54. The Morgan fingerprint density at radius 3 is 2.21 bits per heavy atom. The number of unbranched alkanes of at least 4 members (excludes halogenated alkanes) is 2. The lowest BCUT2D eigenvalue weighted by atomic mass is 10.2. The minimum absolute atomic E-state index is 0.136. The van der Waals surface area contributed by atoms with Gasteiger partial charge in [-0.15, -0.1) is 0 Å². The van der Waals surface area contributed by atoms with Crippen LogP contribution in [0.5, 0.6) is 5.75 Å². The molecule has 1 aromatic rings. The first-order chi connectivity index (χ1) is 11.2. The second-order valence-electron chi connectivity index (χ2n) is 5.30. The Balaban J connectivity index is 2.03. The summed E-state index contributed by atoms with van der Waals surface area (Å²) in [5.41, 5.74) is 0. The van der Waals surface area contributed by atoms with Gasteiger partial charge >= 0.3 is 12.1 Å². The summed E-state index contributed by atoms with van der Waals surface area (Å²) in [6.07, 6.45) is -5.14. The van der Waals surface area contributed by atoms with Gasteiger partial charge in [0.05, 0.1) is 6.61 Å². The number of halogens is 5. The summed E-state index contributed by atoms with van der Waals surface area (Å²) in [6, 6.07) is 9.91. The third-order valence-electron chi connectivity index (χ3n) is 3.25. The summed E-state index contributed by atoms with van der Waals surface area (Å²) >= 11 is -1.37. The zero-order valence-electron chi connectivity index (χ0n) is 13.1. The quantitative estimate of drug-likeness (QED) is 0.319. The van der Waals surface area contributed by atoms with Crippen LogP contribution < -0.4 is 4.74 Å². The standard InChI is InChI=1S/C16H20F5O2S/c17-15(18,16(19,20)21)10-7-13-24(22)12-6-2-5-11-23-14-8-3-1-4-9-14/h3-4,8-9H,2,5-7,10-13H2. The molecule has 24 heavy (non-hydrogen) atoms. The molecular formula is C16H20F5O2S. The topological polar surface area (TPSA) is 32.3 Å². The summed E-state index contributed by atoms with van der Waals surface area (Å²) in [5.74, 6) is -3.80. The van der Waals surface area contributed by atoms with Crippen LogP contribution in [0.1, 0.15) is 32.1 Å². The van der Waals surface area contributed by atoms with Crippen LogP contribution in [0.3, 0.4) is 0 Å². The van der Waals surface area contributed by atoms with E-state index in [1.807, 2.05) is 0 Å². The van der Waals surface area contributed by atoms with E-state index in [0.717, 1.165) is 18.6 Å². The van der Waals surface area contributed by atoms with Gasteiger partial charge in [0.15, 0.2) is 0 Å². The highest BCUT2D eigenvalue weighted by atomic mass is 32.2. The maximum Gasteiger partial charge on any atom is 0.453 e. The SMILES string of the molecule is [O-][S+](CCCCCOc1cc[c]cc1)CCCC(F)(F)C(F)(F)F. The Morgan fingerprint density at radius 2 is 1.58 bits per heavy atom. The van der Waals surface area contributed by atoms with Crippen LogP contribution in [-0.4, -0.2) is 34.8 Å². The van der Waals surface area contributed by atoms with Crippen molar-refractivity contribution in [3.63, 3.8) is 0 Å². The van der Waals surface area contributed by atoms with Crippen LogP contribution in [-0.2, 0) is 11.2 Å². The Kier molecular flexibility index (Phi) is 8.83. The molecule has 1 unspecified atom stereocenters. The van der Waals surface area contributed by atoms with Gasteiger partial charge in [-0.3, -0.25) is 0 Å². The predicted octanol–water partition coefficient (Wildman–Crippen LogP) is 4.76. The molecule has 0 aliphatic heterocycles. The second kappa shape index (κ2) is 10.1. The van der Waals surface area contributed by atoms with E-state index in [0.29, 0.717) is 18.8 Å². The molecule has 0 saturated carbocycles. The lowest BCUT2D eigenvalue weighted by molar-refractivity contribution is -0.284. The van der Waals surface area contributed by atoms with Crippen molar-refractivity contribution in [2.45, 2.75) is 44.2 Å². The zero-order valence-corrected chi connectivity index (χ0v) is 13.9. The maximum absolute atomic E-state index is 12.7. The molecule has 0 aromatic heterocycles. The fraction of sp³-hybridized carbons (Fsp3) is 0.625. The molecule has 1 rings (SSSR count). The van der Waals surface area contributed by atoms with E-state index in [1.165, 1.54) is 0 Å². The zero-order chi connectivity index (χ0) is 18.1. The summed E-state index contributed by atoms with van der Waals surface area (Å²) in [4.78, 5) is 0. The third-order valence-corrected chi connectivity index (χ3v) is 4.74. The summed E-state index contributed by atoms with van der Waals surface area (Å²) in [6.45, 7) is 0.508. The Hall–Kier alpha value is -1.02. The molecule has 0 N–H and O–H groups in total. The van der Waals surface area contributed by atoms with Gasteiger partial charge in [0.25, 0.3) is 0 Å². The predicted molar refractivity (Wildman–Crippen MR) is 82.7 cm³/mol. The third kappa shape index (κ3) is 8.19. The molecule has 1 radical (unpaired) electrons. The first-order valence-corrected chi connectivity index (χ1v) is 9.09. The van der Waals surface area contributed by atoms with Crippen molar-refractivity contribution in [2.24, 2.45) is 0 Å². The molecule has 0 fully saturated rings. The van der Waals surface area contributed by atoms with Crippen molar-refractivity contribution in [3.8, 4) is 5.75 Å². The fourth-order valence-electron chi connectivity index (χ4n) is 1.90. The number of hydrogen-bond acceptors (Lipinski definition) is 2. The van der Waals surface area contributed by atoms with E-state index in [2.05, 4.69) is 6.07 Å². The molecule has 1 aromatic carbocycles. The molecule has 0 spiro atoms. The summed E-state index contributed by atoms with van der Waals surface area (Å²) in [5, 5.41) is 0. The van der Waals surface area contributed by atoms with E-state index >= 15 is 0 Å². The van der Waals surface area contributed by atoms with Crippen molar-refractivity contribution in [1.29, 1.82) is 0 Å². The number of alkyl halides is 5. The molecule has 0 bridgehead atoms. The molecule has 137 valence electrons. The van der Waals surface area contributed by atoms with Gasteiger partial charge in [0.1, 0.15) is 17.3 Å². The molecule has 1 atom stereocenters. The van der Waals surface area contributed by atoms with Gasteiger partial charge in [0, 0.05) is 6.42 Å². The first kappa shape index (κ1) is 21.0. The van der Waals surface area contributed by atoms with Crippen LogP contribution in [0, 0.1) is 6.07 Å². The van der Waals surface area contributed by atoms with Crippen molar-refractivity contribution in [2.75, 3.05) is 18.1 Å². The average molecular weight is 371 g/mol. The Morgan fingerprint density at radius 1 is 0.958 bits per heavy atom. The van der Waals surface area contributed by atoms with Gasteiger partial charge in [-0.2, -0.15) is 22.0 Å². The Bertz CT molecular complexity index is 454. The highest BCUT2D eigenvalue weighted by Gasteiger charge is 2.56. The van der Waals surface area contributed by atoms with Crippen LogP contribution in [0.15, 0.2) is 24.3 Å². The smallest absolute Gasteiger partial charge is 0.453 e. The number of benzene rings is 1. The largest absolute Gasteiger partial charge is 0.616 e. The highest BCUT2D eigenvalue weighted by molar-refractivity contribution is 7.91. The van der Waals surface area contributed by atoms with Crippen molar-refractivity contribution >= 4 is 11.2 Å². The van der Waals surface area contributed by atoms with E-state index in [9.17, 15) is 26.5 Å². The number of ether oxygens (including phenoxy) is 1. The lowest BCUT2D eigenvalue weighted by Crippen LogP contribution is -2.36. The van der Waals surface area contributed by atoms with Crippen LogP contribution >= 0.6 is 0 Å². The van der Waals surface area contributed by atoms with E-state index < -0.39 is 36.1 Å². The maximum atomic E-state index is 12.7. The molecule has 8 heteroatoms. The summed E-state index contributed by atoms with van der Waals surface area (Å²) < 4.78 is 78.3. The molecular weight excluding hydrogens is 351 g/mol. The fourth-order valence-corrected chi connectivity index (χ4v) is 3.10. The van der Waals surface area contributed by atoms with Gasteiger partial charge < -0.3 is 9.29 Å². The minimum Gasteiger partial charge on any atom is -0.616 e. The molecule has 0 amide bonds. The van der Waals surface area contributed by atoms with Crippen LogP contribution in [0.4, 0.5) is 22.0 Å². The molecule has 2 nitrogen and oxygen atoms in total. The summed E-state index contributed by atoms with van der Waals surface area (Å²) in [7, 11) is 0. The van der Waals surface area contributed by atoms with Gasteiger partial charge in [0.2, 0.25) is 0 Å². The highest BCUT2D eigenvalue weighted by Crippen LogP contribution is 2.38. The van der Waals surface area contributed by atoms with Crippen molar-refractivity contribution < 1.29 is 31.2 Å². The van der Waals surface area contributed by atoms with Crippen molar-refractivity contribution in [3.05, 3.63) is 30.3 Å². The van der Waals surface area contributed by atoms with Gasteiger partial charge in [-0.1, -0.05) is 23.3 Å². The normalized spacial score (nSPS) is 13.8. The number of rotatable bonds is 11. The molecule has 0 aliphatic rings.